The number of methoxy groups -OCH3 is 1. The van der Waals surface area contributed by atoms with Gasteiger partial charge >= 0.3 is 0 Å². The Bertz CT molecular complexity index is 854. The Kier molecular flexibility index (Phi) is 6.02. The van der Waals surface area contributed by atoms with E-state index in [0.717, 1.165) is 27.6 Å². The highest BCUT2D eigenvalue weighted by Crippen LogP contribution is 2.24. The average molecular weight is 366 g/mol. The molecule has 1 amide bonds. The van der Waals surface area contributed by atoms with Crippen LogP contribution >= 0.6 is 11.3 Å². The number of carbonyl (C=O) groups is 1. The first-order chi connectivity index (χ1) is 12.6. The summed E-state index contributed by atoms with van der Waals surface area (Å²) in [6.45, 7) is 2.62. The van der Waals surface area contributed by atoms with Crippen LogP contribution in [0.3, 0.4) is 0 Å². The third-order valence-corrected chi connectivity index (χ3v) is 5.02. The molecule has 0 saturated carbocycles. The molecule has 1 heterocycles. The number of carbonyl (C=O) groups excluding carboxylic acids is 1. The molecule has 0 bridgehead atoms. The van der Waals surface area contributed by atoms with Gasteiger partial charge in [0, 0.05) is 30.3 Å². The van der Waals surface area contributed by atoms with E-state index in [-0.39, 0.29) is 5.91 Å². The number of thiazole rings is 1. The van der Waals surface area contributed by atoms with Gasteiger partial charge in [0.15, 0.2) is 0 Å². The lowest BCUT2D eigenvalue weighted by Crippen LogP contribution is -2.22. The second kappa shape index (κ2) is 8.63. The molecule has 0 atom stereocenters. The Morgan fingerprint density at radius 1 is 1.12 bits per heavy atom. The van der Waals surface area contributed by atoms with Gasteiger partial charge in [-0.2, -0.15) is 0 Å². The maximum Gasteiger partial charge on any atom is 0.220 e. The lowest BCUT2D eigenvalue weighted by atomic mass is 10.1. The SMILES string of the molecule is COc1ccc(-c2csc(CCC(=O)NCc3ccc(C)cc3)n2)cc1. The van der Waals surface area contributed by atoms with Crippen LogP contribution in [0.25, 0.3) is 11.3 Å². The number of aryl methyl sites for hydroxylation is 2. The number of ether oxygens (including phenoxy) is 1. The summed E-state index contributed by atoms with van der Waals surface area (Å²) >= 11 is 1.59. The van der Waals surface area contributed by atoms with Crippen LogP contribution in [0, 0.1) is 6.92 Å². The molecule has 0 fully saturated rings. The monoisotopic (exact) mass is 366 g/mol. The van der Waals surface area contributed by atoms with Crippen molar-refractivity contribution in [1.82, 2.24) is 10.3 Å². The van der Waals surface area contributed by atoms with Crippen molar-refractivity contribution < 1.29 is 9.53 Å². The third kappa shape index (κ3) is 4.92. The van der Waals surface area contributed by atoms with Crippen molar-refractivity contribution in [3.05, 3.63) is 70.0 Å². The van der Waals surface area contributed by atoms with Crippen molar-refractivity contribution in [2.75, 3.05) is 7.11 Å². The second-order valence-corrected chi connectivity index (χ2v) is 7.06. The summed E-state index contributed by atoms with van der Waals surface area (Å²) in [6.07, 6.45) is 1.10. The molecule has 1 N–H and O–H groups in total. The van der Waals surface area contributed by atoms with Crippen LogP contribution in [0.15, 0.2) is 53.9 Å². The van der Waals surface area contributed by atoms with E-state index in [1.165, 1.54) is 5.56 Å². The maximum atomic E-state index is 12.1. The van der Waals surface area contributed by atoms with E-state index >= 15 is 0 Å². The van der Waals surface area contributed by atoms with Gasteiger partial charge in [0.05, 0.1) is 17.8 Å². The Morgan fingerprint density at radius 3 is 2.54 bits per heavy atom. The first kappa shape index (κ1) is 18.1. The normalized spacial score (nSPS) is 10.5. The topological polar surface area (TPSA) is 51.2 Å². The summed E-state index contributed by atoms with van der Waals surface area (Å²) in [6, 6.07) is 16.0. The van der Waals surface area contributed by atoms with Crippen LogP contribution in [0.1, 0.15) is 22.6 Å². The molecule has 1 aromatic heterocycles. The van der Waals surface area contributed by atoms with Gasteiger partial charge in [0.1, 0.15) is 5.75 Å². The molecule has 3 aromatic rings. The van der Waals surface area contributed by atoms with Crippen LogP contribution in [0.4, 0.5) is 0 Å². The minimum Gasteiger partial charge on any atom is -0.497 e. The minimum absolute atomic E-state index is 0.0479. The van der Waals surface area contributed by atoms with Crippen molar-refractivity contribution in [2.24, 2.45) is 0 Å². The second-order valence-electron chi connectivity index (χ2n) is 6.12. The summed E-state index contributed by atoms with van der Waals surface area (Å²) in [7, 11) is 1.65. The number of hydrogen-bond donors (Lipinski definition) is 1. The number of amides is 1. The Labute approximate surface area is 157 Å². The summed E-state index contributed by atoms with van der Waals surface area (Å²) in [4.78, 5) is 16.7. The zero-order chi connectivity index (χ0) is 18.4. The maximum absolute atomic E-state index is 12.1. The van der Waals surface area contributed by atoms with Gasteiger partial charge in [-0.3, -0.25) is 4.79 Å². The molecule has 3 rings (SSSR count). The molecule has 0 saturated heterocycles. The summed E-state index contributed by atoms with van der Waals surface area (Å²) < 4.78 is 5.17. The zero-order valence-electron chi connectivity index (χ0n) is 15.0. The van der Waals surface area contributed by atoms with Crippen molar-refractivity contribution in [1.29, 1.82) is 0 Å². The van der Waals surface area contributed by atoms with E-state index in [9.17, 15) is 4.79 Å². The lowest BCUT2D eigenvalue weighted by Gasteiger charge is -2.05. The molecule has 0 aliphatic rings. The first-order valence-electron chi connectivity index (χ1n) is 8.55. The molecular weight excluding hydrogens is 344 g/mol. The highest BCUT2D eigenvalue weighted by molar-refractivity contribution is 7.09. The van der Waals surface area contributed by atoms with Gasteiger partial charge in [0.25, 0.3) is 0 Å². The average Bonchev–Trinajstić information content (AvgIpc) is 3.15. The van der Waals surface area contributed by atoms with Gasteiger partial charge in [-0.15, -0.1) is 11.3 Å². The summed E-state index contributed by atoms with van der Waals surface area (Å²) in [5, 5.41) is 5.97. The Hall–Kier alpha value is -2.66. The highest BCUT2D eigenvalue weighted by atomic mass is 32.1. The molecule has 134 valence electrons. The minimum atomic E-state index is 0.0479. The fourth-order valence-corrected chi connectivity index (χ4v) is 3.34. The highest BCUT2D eigenvalue weighted by Gasteiger charge is 2.08. The number of aromatic nitrogens is 1. The predicted molar refractivity (Wildman–Crippen MR) is 105 cm³/mol. The lowest BCUT2D eigenvalue weighted by molar-refractivity contribution is -0.121. The van der Waals surface area contributed by atoms with Gasteiger partial charge in [0.2, 0.25) is 5.91 Å². The van der Waals surface area contributed by atoms with E-state index in [2.05, 4.69) is 29.4 Å². The standard InChI is InChI=1S/C21H22N2O2S/c1-15-3-5-16(6-4-15)13-22-20(24)11-12-21-23-19(14-26-21)17-7-9-18(25-2)10-8-17/h3-10,14H,11-13H2,1-2H3,(H,22,24). The number of hydrogen-bond acceptors (Lipinski definition) is 4. The molecule has 0 radical (unpaired) electrons. The van der Waals surface area contributed by atoms with Gasteiger partial charge in [-0.1, -0.05) is 29.8 Å². The van der Waals surface area contributed by atoms with Gasteiger partial charge in [-0.25, -0.2) is 4.98 Å². The number of benzene rings is 2. The van der Waals surface area contributed by atoms with E-state index < -0.39 is 0 Å². The van der Waals surface area contributed by atoms with Crippen LogP contribution in [-0.4, -0.2) is 18.0 Å². The molecular formula is C21H22N2O2S. The van der Waals surface area contributed by atoms with Crippen molar-refractivity contribution in [3.8, 4) is 17.0 Å². The van der Waals surface area contributed by atoms with Crippen LogP contribution in [0.5, 0.6) is 5.75 Å². The smallest absolute Gasteiger partial charge is 0.220 e. The quantitative estimate of drug-likeness (QED) is 0.675. The number of nitrogens with one attached hydrogen (secondary N) is 1. The van der Waals surface area contributed by atoms with Crippen LogP contribution in [-0.2, 0) is 17.8 Å². The molecule has 0 spiro atoms. The first-order valence-corrected chi connectivity index (χ1v) is 9.43. The fourth-order valence-electron chi connectivity index (χ4n) is 2.54. The summed E-state index contributed by atoms with van der Waals surface area (Å²) in [5.41, 5.74) is 4.32. The Morgan fingerprint density at radius 2 is 1.85 bits per heavy atom. The molecule has 5 heteroatoms. The van der Waals surface area contributed by atoms with Crippen molar-refractivity contribution >= 4 is 17.2 Å². The van der Waals surface area contributed by atoms with E-state index in [1.54, 1.807) is 18.4 Å². The van der Waals surface area contributed by atoms with Crippen molar-refractivity contribution in [3.63, 3.8) is 0 Å². The molecule has 0 unspecified atom stereocenters. The van der Waals surface area contributed by atoms with E-state index in [1.807, 2.05) is 41.8 Å². The largest absolute Gasteiger partial charge is 0.497 e. The van der Waals surface area contributed by atoms with Gasteiger partial charge < -0.3 is 10.1 Å². The fraction of sp³-hybridized carbons (Fsp3) is 0.238. The van der Waals surface area contributed by atoms with Gasteiger partial charge in [-0.05, 0) is 36.8 Å². The van der Waals surface area contributed by atoms with E-state index in [4.69, 9.17) is 4.74 Å². The zero-order valence-corrected chi connectivity index (χ0v) is 15.8. The Balaban J connectivity index is 1.49. The summed E-state index contributed by atoms with van der Waals surface area (Å²) in [5.74, 6) is 0.876. The van der Waals surface area contributed by atoms with Crippen LogP contribution < -0.4 is 10.1 Å². The third-order valence-electron chi connectivity index (χ3n) is 4.11. The molecule has 2 aromatic carbocycles. The van der Waals surface area contributed by atoms with Crippen LogP contribution in [0.2, 0.25) is 0 Å². The van der Waals surface area contributed by atoms with E-state index in [0.29, 0.717) is 19.4 Å². The predicted octanol–water partition coefficient (Wildman–Crippen LogP) is 4.38. The molecule has 4 nitrogen and oxygen atoms in total. The van der Waals surface area contributed by atoms with Crippen molar-refractivity contribution in [2.45, 2.75) is 26.3 Å². The molecule has 26 heavy (non-hydrogen) atoms. The molecule has 0 aliphatic carbocycles. The number of nitrogens with zero attached hydrogens (tertiary/aromatic N) is 1. The molecule has 0 aliphatic heterocycles. The number of rotatable bonds is 7.